The minimum Gasteiger partial charge on any atom is -0.389 e. The Labute approximate surface area is 98.7 Å². The predicted molar refractivity (Wildman–Crippen MR) is 65.6 cm³/mol. The number of nitrogens with two attached hydrogens (primary N) is 1. The summed E-state index contributed by atoms with van der Waals surface area (Å²) in [6.07, 6.45) is 1.28. The molecule has 0 saturated heterocycles. The second kappa shape index (κ2) is 6.54. The maximum absolute atomic E-state index is 11.9. The van der Waals surface area contributed by atoms with Crippen LogP contribution in [0.5, 0.6) is 0 Å². The van der Waals surface area contributed by atoms with Crippen LogP contribution in [0.25, 0.3) is 0 Å². The van der Waals surface area contributed by atoms with Crippen molar-refractivity contribution in [1.29, 1.82) is 0 Å². The number of unbranched alkanes of at least 4 members (excludes halogenated alkanes) is 1. The lowest BCUT2D eigenvalue weighted by Crippen LogP contribution is -2.43. The average Bonchev–Trinajstić information content (AvgIpc) is 2.13. The first-order valence-electron chi connectivity index (χ1n) is 5.63. The molecule has 0 aromatic heterocycles. The monoisotopic (exact) mass is 252 g/mol. The highest BCUT2D eigenvalue weighted by molar-refractivity contribution is 7.89. The van der Waals surface area contributed by atoms with E-state index >= 15 is 0 Å². The smallest absolute Gasteiger partial charge is 0.214 e. The summed E-state index contributed by atoms with van der Waals surface area (Å²) in [6, 6.07) is 0. The largest absolute Gasteiger partial charge is 0.389 e. The molecule has 5 nitrogen and oxygen atoms in total. The van der Waals surface area contributed by atoms with Gasteiger partial charge in [-0.3, -0.25) is 0 Å². The third-order valence-electron chi connectivity index (χ3n) is 2.17. The first kappa shape index (κ1) is 15.8. The Hall–Kier alpha value is -0.170. The van der Waals surface area contributed by atoms with Gasteiger partial charge in [0.15, 0.2) is 0 Å². The molecule has 3 N–H and O–H groups in total. The van der Waals surface area contributed by atoms with E-state index in [1.54, 1.807) is 20.8 Å². The minimum absolute atomic E-state index is 0.105. The van der Waals surface area contributed by atoms with Crippen LogP contribution >= 0.6 is 0 Å². The Morgan fingerprint density at radius 1 is 1.31 bits per heavy atom. The van der Waals surface area contributed by atoms with Gasteiger partial charge in [0.1, 0.15) is 0 Å². The predicted octanol–water partition coefficient (Wildman–Crippen LogP) is 0.148. The highest BCUT2D eigenvalue weighted by Gasteiger charge is 2.26. The van der Waals surface area contributed by atoms with Crippen molar-refractivity contribution in [3.8, 4) is 0 Å². The van der Waals surface area contributed by atoms with Crippen molar-refractivity contribution in [3.05, 3.63) is 0 Å². The zero-order valence-electron chi connectivity index (χ0n) is 10.4. The van der Waals surface area contributed by atoms with E-state index in [1.807, 2.05) is 0 Å². The van der Waals surface area contributed by atoms with Crippen LogP contribution in [-0.4, -0.2) is 48.8 Å². The summed E-state index contributed by atoms with van der Waals surface area (Å²) in [4.78, 5) is 0. The van der Waals surface area contributed by atoms with E-state index in [1.165, 1.54) is 4.31 Å². The van der Waals surface area contributed by atoms with E-state index in [2.05, 4.69) is 0 Å². The second-order valence-electron chi connectivity index (χ2n) is 4.55. The number of hydrogen-bond acceptors (Lipinski definition) is 4. The van der Waals surface area contributed by atoms with Crippen molar-refractivity contribution in [2.75, 3.05) is 25.4 Å². The van der Waals surface area contributed by atoms with E-state index < -0.39 is 15.6 Å². The minimum atomic E-state index is -3.26. The fourth-order valence-electron chi connectivity index (χ4n) is 1.40. The normalized spacial score (nSPS) is 13.4. The van der Waals surface area contributed by atoms with E-state index in [-0.39, 0.29) is 12.3 Å². The zero-order chi connectivity index (χ0) is 12.8. The van der Waals surface area contributed by atoms with E-state index in [4.69, 9.17) is 5.73 Å². The average molecular weight is 252 g/mol. The summed E-state index contributed by atoms with van der Waals surface area (Å²) in [5, 5.41) is 9.63. The Balaban J connectivity index is 4.44. The lowest BCUT2D eigenvalue weighted by molar-refractivity contribution is 0.0601. The van der Waals surface area contributed by atoms with Crippen molar-refractivity contribution < 1.29 is 13.5 Å². The first-order chi connectivity index (χ1) is 7.23. The fourth-order valence-corrected chi connectivity index (χ4v) is 3.13. The van der Waals surface area contributed by atoms with Gasteiger partial charge in [-0.1, -0.05) is 6.92 Å². The third-order valence-corrected chi connectivity index (χ3v) is 4.14. The summed E-state index contributed by atoms with van der Waals surface area (Å²) < 4.78 is 25.1. The van der Waals surface area contributed by atoms with E-state index in [0.29, 0.717) is 25.9 Å². The molecule has 0 saturated carbocycles. The van der Waals surface area contributed by atoms with Gasteiger partial charge in [0, 0.05) is 13.1 Å². The number of nitrogens with zero attached hydrogens (tertiary/aromatic N) is 1. The van der Waals surface area contributed by atoms with Crippen molar-refractivity contribution >= 4 is 10.0 Å². The van der Waals surface area contributed by atoms with Gasteiger partial charge in [0.25, 0.3) is 0 Å². The van der Waals surface area contributed by atoms with Crippen LogP contribution < -0.4 is 5.73 Å². The molecular formula is C10H24N2O3S. The van der Waals surface area contributed by atoms with E-state index in [0.717, 1.165) is 0 Å². The zero-order valence-corrected chi connectivity index (χ0v) is 11.3. The third kappa shape index (κ3) is 6.42. The highest BCUT2D eigenvalue weighted by Crippen LogP contribution is 2.11. The Morgan fingerprint density at radius 2 is 1.88 bits per heavy atom. The van der Waals surface area contributed by atoms with Gasteiger partial charge < -0.3 is 10.8 Å². The van der Waals surface area contributed by atoms with Crippen LogP contribution in [0.3, 0.4) is 0 Å². The summed E-state index contributed by atoms with van der Waals surface area (Å²) in [5.41, 5.74) is 4.32. The number of rotatable bonds is 8. The molecule has 16 heavy (non-hydrogen) atoms. The van der Waals surface area contributed by atoms with Crippen LogP contribution in [0.15, 0.2) is 0 Å². The number of hydrogen-bond donors (Lipinski definition) is 2. The SMILES string of the molecule is CCN(CC(C)(C)O)S(=O)(=O)CCCCN. The molecule has 0 unspecified atom stereocenters. The summed E-state index contributed by atoms with van der Waals surface area (Å²) in [6.45, 7) is 6.00. The van der Waals surface area contributed by atoms with Gasteiger partial charge in [0.05, 0.1) is 11.4 Å². The molecule has 0 bridgehead atoms. The summed E-state index contributed by atoms with van der Waals surface area (Å²) >= 11 is 0. The van der Waals surface area contributed by atoms with Crippen LogP contribution in [-0.2, 0) is 10.0 Å². The molecule has 0 rings (SSSR count). The number of aliphatic hydroxyl groups is 1. The topological polar surface area (TPSA) is 83.6 Å². The highest BCUT2D eigenvalue weighted by atomic mass is 32.2. The summed E-state index contributed by atoms with van der Waals surface area (Å²) in [7, 11) is -3.26. The molecule has 98 valence electrons. The molecule has 0 spiro atoms. The van der Waals surface area contributed by atoms with Crippen molar-refractivity contribution in [2.45, 2.75) is 39.2 Å². The van der Waals surface area contributed by atoms with Crippen LogP contribution in [0.1, 0.15) is 33.6 Å². The van der Waals surface area contributed by atoms with Crippen molar-refractivity contribution in [3.63, 3.8) is 0 Å². The molecule has 0 aromatic carbocycles. The van der Waals surface area contributed by atoms with Crippen molar-refractivity contribution in [2.24, 2.45) is 5.73 Å². The van der Waals surface area contributed by atoms with Crippen LogP contribution in [0.2, 0.25) is 0 Å². The molecule has 0 aliphatic heterocycles. The van der Waals surface area contributed by atoms with Crippen LogP contribution in [0, 0.1) is 0 Å². The molecular weight excluding hydrogens is 228 g/mol. The second-order valence-corrected chi connectivity index (χ2v) is 6.64. The molecule has 0 aromatic rings. The molecule has 0 aliphatic rings. The Morgan fingerprint density at radius 3 is 2.25 bits per heavy atom. The standard InChI is InChI=1S/C10H24N2O3S/c1-4-12(9-10(2,3)13)16(14,15)8-6-5-7-11/h13H,4-9,11H2,1-3H3. The molecule has 0 heterocycles. The molecule has 0 atom stereocenters. The first-order valence-corrected chi connectivity index (χ1v) is 7.24. The van der Waals surface area contributed by atoms with Gasteiger partial charge in [-0.05, 0) is 33.2 Å². The number of sulfonamides is 1. The fraction of sp³-hybridized carbons (Fsp3) is 1.00. The number of likely N-dealkylation sites (N-methyl/N-ethyl adjacent to an activating group) is 1. The molecule has 0 amide bonds. The van der Waals surface area contributed by atoms with Gasteiger partial charge in [-0.15, -0.1) is 0 Å². The lowest BCUT2D eigenvalue weighted by atomic mass is 10.1. The quantitative estimate of drug-likeness (QED) is 0.602. The molecule has 0 radical (unpaired) electrons. The molecule has 6 heteroatoms. The van der Waals surface area contributed by atoms with E-state index in [9.17, 15) is 13.5 Å². The van der Waals surface area contributed by atoms with Gasteiger partial charge in [-0.2, -0.15) is 4.31 Å². The van der Waals surface area contributed by atoms with Crippen molar-refractivity contribution in [1.82, 2.24) is 4.31 Å². The summed E-state index contributed by atoms with van der Waals surface area (Å²) in [5.74, 6) is 0.105. The molecule has 0 aliphatic carbocycles. The van der Waals surface area contributed by atoms with Gasteiger partial charge >= 0.3 is 0 Å². The Kier molecular flexibility index (Phi) is 6.47. The van der Waals surface area contributed by atoms with Gasteiger partial charge in [-0.25, -0.2) is 8.42 Å². The maximum atomic E-state index is 11.9. The molecule has 0 fully saturated rings. The Bertz CT molecular complexity index is 283. The van der Waals surface area contributed by atoms with Gasteiger partial charge in [0.2, 0.25) is 10.0 Å². The lowest BCUT2D eigenvalue weighted by Gasteiger charge is -2.27. The van der Waals surface area contributed by atoms with Crippen LogP contribution in [0.4, 0.5) is 0 Å². The maximum Gasteiger partial charge on any atom is 0.214 e.